The van der Waals surface area contributed by atoms with Crippen molar-refractivity contribution in [3.63, 3.8) is 0 Å². The number of nitro groups is 1. The lowest BCUT2D eigenvalue weighted by molar-refractivity contribution is -0.384. The topological polar surface area (TPSA) is 109 Å². The monoisotopic (exact) mass is 446 g/mol. The maximum Gasteiger partial charge on any atom is 0.316 e. The summed E-state index contributed by atoms with van der Waals surface area (Å²) < 4.78 is 0. The molecule has 160 valence electrons. The molecule has 1 heterocycles. The Labute approximate surface area is 189 Å². The highest BCUT2D eigenvalue weighted by Crippen LogP contribution is 2.42. The van der Waals surface area contributed by atoms with Gasteiger partial charge in [-0.2, -0.15) is 5.26 Å². The summed E-state index contributed by atoms with van der Waals surface area (Å²) in [6.07, 6.45) is 2.74. The van der Waals surface area contributed by atoms with Crippen molar-refractivity contribution in [1.82, 2.24) is 4.98 Å². The molecule has 2 aromatic carbocycles. The van der Waals surface area contributed by atoms with Gasteiger partial charge in [0.1, 0.15) is 0 Å². The molecule has 0 bridgehead atoms. The molecule has 2 atom stereocenters. The second-order valence-electron chi connectivity index (χ2n) is 7.84. The highest BCUT2D eigenvalue weighted by molar-refractivity contribution is 6.31. The number of amides is 1. The van der Waals surface area contributed by atoms with Crippen LogP contribution < -0.4 is 5.32 Å². The van der Waals surface area contributed by atoms with Crippen LogP contribution in [0.3, 0.4) is 0 Å². The van der Waals surface area contributed by atoms with E-state index in [-0.39, 0.29) is 39.8 Å². The number of nitriles is 1. The minimum absolute atomic E-state index is 0.0759. The van der Waals surface area contributed by atoms with Crippen molar-refractivity contribution in [2.45, 2.75) is 19.8 Å². The van der Waals surface area contributed by atoms with Gasteiger partial charge in [-0.1, -0.05) is 54.1 Å². The summed E-state index contributed by atoms with van der Waals surface area (Å²) in [5.74, 6) is -0.397. The summed E-state index contributed by atoms with van der Waals surface area (Å²) in [5.41, 5.74) is 3.56. The number of halogens is 1. The first-order chi connectivity index (χ1) is 15.4. The normalized spacial score (nSPS) is 16.8. The van der Waals surface area contributed by atoms with Crippen LogP contribution in [0.25, 0.3) is 11.1 Å². The quantitative estimate of drug-likeness (QED) is 0.407. The number of nitrogens with zero attached hydrogens (tertiary/aromatic N) is 3. The Morgan fingerprint density at radius 2 is 2.00 bits per heavy atom. The largest absolute Gasteiger partial charge is 0.316 e. The summed E-state index contributed by atoms with van der Waals surface area (Å²) in [6.45, 7) is 1.52. The minimum Gasteiger partial charge on any atom is -0.305 e. The lowest BCUT2D eigenvalue weighted by Crippen LogP contribution is -2.17. The van der Waals surface area contributed by atoms with Gasteiger partial charge >= 0.3 is 5.69 Å². The Bertz CT molecular complexity index is 1250. The van der Waals surface area contributed by atoms with E-state index in [0.717, 1.165) is 23.1 Å². The van der Waals surface area contributed by atoms with Gasteiger partial charge in [-0.05, 0) is 48.4 Å². The van der Waals surface area contributed by atoms with Gasteiger partial charge in [0.05, 0.1) is 27.1 Å². The number of carbonyl (C=O) groups excluding carboxylic acids is 1. The molecule has 4 rings (SSSR count). The molecule has 1 aliphatic rings. The van der Waals surface area contributed by atoms with Gasteiger partial charge in [0.25, 0.3) is 0 Å². The molecule has 3 aromatic rings. The molecule has 1 aromatic heterocycles. The van der Waals surface area contributed by atoms with Crippen LogP contribution in [0, 0.1) is 40.2 Å². The number of anilines is 1. The molecule has 32 heavy (non-hydrogen) atoms. The molecule has 0 spiro atoms. The van der Waals surface area contributed by atoms with Crippen molar-refractivity contribution < 1.29 is 9.72 Å². The van der Waals surface area contributed by atoms with Gasteiger partial charge in [-0.15, -0.1) is 0 Å². The zero-order valence-electron chi connectivity index (χ0n) is 17.2. The summed E-state index contributed by atoms with van der Waals surface area (Å²) in [7, 11) is 0. The first-order valence-electron chi connectivity index (χ1n) is 10.1. The number of aromatic nitrogens is 1. The van der Waals surface area contributed by atoms with E-state index < -0.39 is 4.92 Å². The van der Waals surface area contributed by atoms with Gasteiger partial charge in [-0.25, -0.2) is 4.98 Å². The molecule has 0 saturated heterocycles. The molecule has 1 N–H and O–H groups in total. The van der Waals surface area contributed by atoms with E-state index in [1.807, 2.05) is 42.5 Å². The number of rotatable bonds is 6. The molecule has 0 aliphatic heterocycles. The SMILES string of the molecule is Cc1c(Cl)cnc(NC(=O)C2CC2Cc2ccc(-c3ccccc3C#N)cc2)c1[N+](=O)[O-]. The van der Waals surface area contributed by atoms with E-state index >= 15 is 0 Å². The fraction of sp³-hybridized carbons (Fsp3) is 0.208. The van der Waals surface area contributed by atoms with Crippen LogP contribution in [0.15, 0.2) is 54.7 Å². The van der Waals surface area contributed by atoms with Crippen molar-refractivity contribution >= 4 is 29.0 Å². The summed E-state index contributed by atoms with van der Waals surface area (Å²) in [5, 5.41) is 23.4. The van der Waals surface area contributed by atoms with E-state index in [0.29, 0.717) is 12.0 Å². The number of hydrogen-bond acceptors (Lipinski definition) is 5. The van der Waals surface area contributed by atoms with Crippen LogP contribution in [0.5, 0.6) is 0 Å². The van der Waals surface area contributed by atoms with E-state index in [4.69, 9.17) is 11.6 Å². The van der Waals surface area contributed by atoms with Gasteiger partial charge in [0.15, 0.2) is 0 Å². The van der Waals surface area contributed by atoms with E-state index in [9.17, 15) is 20.2 Å². The van der Waals surface area contributed by atoms with Gasteiger partial charge < -0.3 is 5.32 Å². The molecule has 0 radical (unpaired) electrons. The summed E-state index contributed by atoms with van der Waals surface area (Å²) in [4.78, 5) is 27.4. The number of benzene rings is 2. The van der Waals surface area contributed by atoms with Gasteiger partial charge in [0.2, 0.25) is 11.7 Å². The molecule has 1 amide bonds. The maximum absolute atomic E-state index is 12.6. The third-order valence-electron chi connectivity index (χ3n) is 5.74. The van der Waals surface area contributed by atoms with Crippen LogP contribution in [0.2, 0.25) is 5.02 Å². The van der Waals surface area contributed by atoms with Crippen molar-refractivity contribution in [1.29, 1.82) is 5.26 Å². The predicted molar refractivity (Wildman–Crippen MR) is 121 cm³/mol. The Hall–Kier alpha value is -3.76. The zero-order chi connectivity index (χ0) is 22.8. The van der Waals surface area contributed by atoms with Crippen LogP contribution in [0.1, 0.15) is 23.1 Å². The van der Waals surface area contributed by atoms with Gasteiger partial charge in [0, 0.05) is 12.1 Å². The average Bonchev–Trinajstić information content (AvgIpc) is 3.56. The third kappa shape index (κ3) is 4.32. The number of hydrogen-bond donors (Lipinski definition) is 1. The van der Waals surface area contributed by atoms with Crippen molar-refractivity contribution in [2.75, 3.05) is 5.32 Å². The summed E-state index contributed by atoms with van der Waals surface area (Å²) in [6, 6.07) is 17.6. The fourth-order valence-electron chi connectivity index (χ4n) is 3.84. The Morgan fingerprint density at radius 3 is 2.69 bits per heavy atom. The van der Waals surface area contributed by atoms with E-state index in [1.54, 1.807) is 6.07 Å². The Morgan fingerprint density at radius 1 is 1.28 bits per heavy atom. The standard InChI is InChI=1S/C24H19ClN4O3/c1-14-21(25)13-27-23(22(14)29(31)32)28-24(30)20-11-18(20)10-15-6-8-16(9-7-15)19-5-3-2-4-17(19)12-26/h2-9,13,18,20H,10-11H2,1H3,(H,27,28,30). The molecular formula is C24H19ClN4O3. The Kier molecular flexibility index (Phi) is 5.89. The third-order valence-corrected chi connectivity index (χ3v) is 6.12. The Balaban J connectivity index is 1.41. The molecule has 1 fully saturated rings. The molecule has 1 aliphatic carbocycles. The maximum atomic E-state index is 12.6. The highest BCUT2D eigenvalue weighted by atomic mass is 35.5. The lowest BCUT2D eigenvalue weighted by Gasteiger charge is -2.08. The van der Waals surface area contributed by atoms with Crippen LogP contribution >= 0.6 is 11.6 Å². The van der Waals surface area contributed by atoms with Crippen molar-refractivity contribution in [3.8, 4) is 17.2 Å². The van der Waals surface area contributed by atoms with Crippen molar-refractivity contribution in [2.24, 2.45) is 11.8 Å². The minimum atomic E-state index is -0.583. The number of carbonyl (C=O) groups is 1. The zero-order valence-corrected chi connectivity index (χ0v) is 18.0. The second-order valence-corrected chi connectivity index (χ2v) is 8.24. The molecule has 8 heteroatoms. The van der Waals surface area contributed by atoms with E-state index in [1.165, 1.54) is 13.1 Å². The van der Waals surface area contributed by atoms with E-state index in [2.05, 4.69) is 16.4 Å². The van der Waals surface area contributed by atoms with Crippen molar-refractivity contribution in [3.05, 3.63) is 86.6 Å². The lowest BCUT2D eigenvalue weighted by atomic mass is 9.98. The number of pyridine rings is 1. The average molecular weight is 447 g/mol. The second kappa shape index (κ2) is 8.77. The summed E-state index contributed by atoms with van der Waals surface area (Å²) >= 11 is 5.93. The molecule has 1 saturated carbocycles. The predicted octanol–water partition coefficient (Wildman–Crippen LogP) is 5.31. The first-order valence-corrected chi connectivity index (χ1v) is 10.5. The number of nitrogens with one attached hydrogen (secondary N) is 1. The smallest absolute Gasteiger partial charge is 0.305 e. The molecule has 2 unspecified atom stereocenters. The van der Waals surface area contributed by atoms with Crippen LogP contribution in [-0.4, -0.2) is 15.8 Å². The molecule has 7 nitrogen and oxygen atoms in total. The fourth-order valence-corrected chi connectivity index (χ4v) is 3.98. The van der Waals surface area contributed by atoms with Crippen LogP contribution in [-0.2, 0) is 11.2 Å². The highest BCUT2D eigenvalue weighted by Gasteiger charge is 2.43. The van der Waals surface area contributed by atoms with Crippen LogP contribution in [0.4, 0.5) is 11.5 Å². The molecular weight excluding hydrogens is 428 g/mol. The van der Waals surface area contributed by atoms with Gasteiger partial charge in [-0.3, -0.25) is 14.9 Å². The first kappa shape index (κ1) is 21.5.